The highest BCUT2D eigenvalue weighted by Gasteiger charge is 2.27. The molecule has 2 rings (SSSR count). The molecule has 2 nitrogen and oxygen atoms in total. The van der Waals surface area contributed by atoms with Crippen LogP contribution in [-0.4, -0.2) is 30.1 Å². The maximum absolute atomic E-state index is 6.15. The van der Waals surface area contributed by atoms with Gasteiger partial charge in [0.05, 0.1) is 0 Å². The van der Waals surface area contributed by atoms with Crippen molar-refractivity contribution in [2.45, 2.75) is 64.0 Å². The molecule has 1 saturated heterocycles. The van der Waals surface area contributed by atoms with Crippen molar-refractivity contribution in [3.63, 3.8) is 0 Å². The van der Waals surface area contributed by atoms with Gasteiger partial charge >= 0.3 is 0 Å². The summed E-state index contributed by atoms with van der Waals surface area (Å²) in [7, 11) is 0. The van der Waals surface area contributed by atoms with Crippen LogP contribution in [0.2, 0.25) is 0 Å². The van der Waals surface area contributed by atoms with E-state index in [-0.39, 0.29) is 0 Å². The molecule has 0 aromatic rings. The fourth-order valence-electron chi connectivity index (χ4n) is 3.20. The third-order valence-electron chi connectivity index (χ3n) is 4.38. The standard InChI is InChI=1S/C13H26N2/c1-11-6-3-2-4-9-15(11)10-12-7-5-8-13(12)14/h11-13H,2-10,14H2,1H3. The van der Waals surface area contributed by atoms with Gasteiger partial charge in [0, 0.05) is 18.6 Å². The van der Waals surface area contributed by atoms with Crippen LogP contribution in [0.4, 0.5) is 0 Å². The predicted octanol–water partition coefficient (Wildman–Crippen LogP) is 2.38. The minimum absolute atomic E-state index is 0.487. The third-order valence-corrected chi connectivity index (χ3v) is 4.38. The molecule has 2 aliphatic rings. The second kappa shape index (κ2) is 5.31. The lowest BCUT2D eigenvalue weighted by Crippen LogP contribution is -2.40. The lowest BCUT2D eigenvalue weighted by atomic mass is 10.0. The van der Waals surface area contributed by atoms with E-state index in [4.69, 9.17) is 5.73 Å². The highest BCUT2D eigenvalue weighted by molar-refractivity contribution is 4.84. The van der Waals surface area contributed by atoms with E-state index in [0.717, 1.165) is 12.0 Å². The maximum atomic E-state index is 6.15. The first-order chi connectivity index (χ1) is 7.27. The summed E-state index contributed by atoms with van der Waals surface area (Å²) in [6.45, 7) is 4.97. The Morgan fingerprint density at radius 3 is 2.67 bits per heavy atom. The quantitative estimate of drug-likeness (QED) is 0.758. The Labute approximate surface area is 94.2 Å². The van der Waals surface area contributed by atoms with Gasteiger partial charge in [0.25, 0.3) is 0 Å². The number of hydrogen-bond donors (Lipinski definition) is 1. The Bertz CT molecular complexity index is 193. The highest BCUT2D eigenvalue weighted by Crippen LogP contribution is 2.27. The summed E-state index contributed by atoms with van der Waals surface area (Å²) in [5.74, 6) is 0.783. The normalized spacial score (nSPS) is 39.2. The van der Waals surface area contributed by atoms with Crippen LogP contribution in [0.5, 0.6) is 0 Å². The SMILES string of the molecule is CC1CCCCCN1CC1CCCC1N. The van der Waals surface area contributed by atoms with Crippen LogP contribution in [0.25, 0.3) is 0 Å². The Morgan fingerprint density at radius 2 is 1.93 bits per heavy atom. The molecule has 2 fully saturated rings. The van der Waals surface area contributed by atoms with Crippen molar-refractivity contribution in [1.82, 2.24) is 4.90 Å². The van der Waals surface area contributed by atoms with Crippen molar-refractivity contribution >= 4 is 0 Å². The number of nitrogens with two attached hydrogens (primary N) is 1. The van der Waals surface area contributed by atoms with Crippen molar-refractivity contribution in [3.05, 3.63) is 0 Å². The van der Waals surface area contributed by atoms with Crippen LogP contribution >= 0.6 is 0 Å². The van der Waals surface area contributed by atoms with E-state index in [1.165, 1.54) is 58.0 Å². The fraction of sp³-hybridized carbons (Fsp3) is 1.00. The Morgan fingerprint density at radius 1 is 1.07 bits per heavy atom. The number of hydrogen-bond acceptors (Lipinski definition) is 2. The summed E-state index contributed by atoms with van der Waals surface area (Å²) in [6.07, 6.45) is 9.62. The van der Waals surface area contributed by atoms with Crippen molar-refractivity contribution in [1.29, 1.82) is 0 Å². The van der Waals surface area contributed by atoms with Gasteiger partial charge in [-0.3, -0.25) is 0 Å². The molecule has 0 spiro atoms. The molecule has 3 unspecified atom stereocenters. The van der Waals surface area contributed by atoms with Crippen molar-refractivity contribution in [2.75, 3.05) is 13.1 Å². The summed E-state index contributed by atoms with van der Waals surface area (Å²) in [5.41, 5.74) is 6.15. The minimum atomic E-state index is 0.487. The van der Waals surface area contributed by atoms with E-state index in [2.05, 4.69) is 11.8 Å². The second-order valence-corrected chi connectivity index (χ2v) is 5.55. The molecular weight excluding hydrogens is 184 g/mol. The van der Waals surface area contributed by atoms with Crippen LogP contribution in [0, 0.1) is 5.92 Å². The third kappa shape index (κ3) is 2.94. The number of nitrogens with zero attached hydrogens (tertiary/aromatic N) is 1. The molecule has 0 bridgehead atoms. The first-order valence-corrected chi connectivity index (χ1v) is 6.77. The van der Waals surface area contributed by atoms with E-state index < -0.39 is 0 Å². The lowest BCUT2D eigenvalue weighted by molar-refractivity contribution is 0.175. The average molecular weight is 210 g/mol. The first kappa shape index (κ1) is 11.4. The second-order valence-electron chi connectivity index (χ2n) is 5.55. The smallest absolute Gasteiger partial charge is 0.00793 e. The van der Waals surface area contributed by atoms with Gasteiger partial charge in [0.1, 0.15) is 0 Å². The molecule has 0 radical (unpaired) electrons. The summed E-state index contributed by atoms with van der Waals surface area (Å²) >= 11 is 0. The highest BCUT2D eigenvalue weighted by atomic mass is 15.2. The van der Waals surface area contributed by atoms with E-state index >= 15 is 0 Å². The lowest BCUT2D eigenvalue weighted by Gasteiger charge is -2.31. The molecule has 1 heterocycles. The van der Waals surface area contributed by atoms with Gasteiger partial charge in [-0.15, -0.1) is 0 Å². The van der Waals surface area contributed by atoms with Crippen LogP contribution < -0.4 is 5.73 Å². The largest absolute Gasteiger partial charge is 0.327 e. The minimum Gasteiger partial charge on any atom is -0.327 e. The first-order valence-electron chi connectivity index (χ1n) is 6.77. The van der Waals surface area contributed by atoms with Gasteiger partial charge in [0.2, 0.25) is 0 Å². The van der Waals surface area contributed by atoms with Crippen LogP contribution in [0.3, 0.4) is 0 Å². The van der Waals surface area contributed by atoms with Crippen molar-refractivity contribution < 1.29 is 0 Å². The summed E-state index contributed by atoms with van der Waals surface area (Å²) < 4.78 is 0. The van der Waals surface area contributed by atoms with Gasteiger partial charge in [0.15, 0.2) is 0 Å². The van der Waals surface area contributed by atoms with Gasteiger partial charge in [-0.2, -0.15) is 0 Å². The zero-order chi connectivity index (χ0) is 10.7. The molecule has 0 aromatic heterocycles. The molecule has 15 heavy (non-hydrogen) atoms. The van der Waals surface area contributed by atoms with Crippen LogP contribution in [0.15, 0.2) is 0 Å². The van der Waals surface area contributed by atoms with Crippen LogP contribution in [0.1, 0.15) is 51.9 Å². The van der Waals surface area contributed by atoms with E-state index in [0.29, 0.717) is 6.04 Å². The molecule has 1 aliphatic carbocycles. The Balaban J connectivity index is 1.85. The molecule has 0 aromatic carbocycles. The average Bonchev–Trinajstić information content (AvgIpc) is 2.50. The maximum Gasteiger partial charge on any atom is 0.00793 e. The number of likely N-dealkylation sites (tertiary alicyclic amines) is 1. The van der Waals surface area contributed by atoms with Gasteiger partial charge in [-0.05, 0) is 45.1 Å². The monoisotopic (exact) mass is 210 g/mol. The molecule has 88 valence electrons. The number of rotatable bonds is 2. The Kier molecular flexibility index (Phi) is 4.04. The van der Waals surface area contributed by atoms with Crippen LogP contribution in [-0.2, 0) is 0 Å². The summed E-state index contributed by atoms with van der Waals surface area (Å²) in [6, 6.07) is 1.28. The molecular formula is C13H26N2. The zero-order valence-corrected chi connectivity index (χ0v) is 10.1. The van der Waals surface area contributed by atoms with Crippen molar-refractivity contribution in [2.24, 2.45) is 11.7 Å². The van der Waals surface area contributed by atoms with Crippen molar-refractivity contribution in [3.8, 4) is 0 Å². The Hall–Kier alpha value is -0.0800. The van der Waals surface area contributed by atoms with Gasteiger partial charge in [-0.1, -0.05) is 19.3 Å². The fourth-order valence-corrected chi connectivity index (χ4v) is 3.20. The summed E-state index contributed by atoms with van der Waals surface area (Å²) in [5, 5.41) is 0. The summed E-state index contributed by atoms with van der Waals surface area (Å²) in [4.78, 5) is 2.70. The molecule has 2 heteroatoms. The molecule has 3 atom stereocenters. The van der Waals surface area contributed by atoms with Gasteiger partial charge < -0.3 is 10.6 Å². The zero-order valence-electron chi connectivity index (χ0n) is 10.1. The van der Waals surface area contributed by atoms with E-state index in [1.54, 1.807) is 0 Å². The topological polar surface area (TPSA) is 29.3 Å². The predicted molar refractivity (Wildman–Crippen MR) is 64.8 cm³/mol. The van der Waals surface area contributed by atoms with E-state index in [9.17, 15) is 0 Å². The molecule has 1 aliphatic heterocycles. The van der Waals surface area contributed by atoms with E-state index in [1.807, 2.05) is 0 Å². The van der Waals surface area contributed by atoms with Gasteiger partial charge in [-0.25, -0.2) is 0 Å². The molecule has 0 amide bonds. The molecule has 1 saturated carbocycles. The molecule has 2 N–H and O–H groups in total.